The minimum Gasteiger partial charge on any atom is -0.497 e. The number of halogens is 1. The standard InChI is InChI=1S/C22H26FN3O3/c1-22(13-12-16-6-10-19(29-3)11-7-16)20(27)26(21(28)24-22)15-25(2)14-17-4-8-18(23)9-5-17/h4-11H,12-15H2,1-3H3,(H,24,28)/t22-/m0/s1. The number of nitrogens with zero attached hydrogens (tertiary/aromatic N) is 2. The van der Waals surface area contributed by atoms with Gasteiger partial charge in [-0.15, -0.1) is 0 Å². The number of hydrogen-bond donors (Lipinski definition) is 1. The van der Waals surface area contributed by atoms with Crippen LogP contribution in [0.5, 0.6) is 5.75 Å². The van der Waals surface area contributed by atoms with Crippen molar-refractivity contribution in [1.29, 1.82) is 0 Å². The molecule has 2 aromatic rings. The highest BCUT2D eigenvalue weighted by atomic mass is 19.1. The molecular weight excluding hydrogens is 373 g/mol. The van der Waals surface area contributed by atoms with Gasteiger partial charge in [0.05, 0.1) is 13.8 Å². The number of benzene rings is 2. The molecule has 154 valence electrons. The number of carbonyl (C=O) groups is 2. The number of urea groups is 1. The molecule has 0 saturated carbocycles. The van der Waals surface area contributed by atoms with Crippen LogP contribution in [-0.2, 0) is 17.8 Å². The summed E-state index contributed by atoms with van der Waals surface area (Å²) in [6, 6.07) is 13.5. The van der Waals surface area contributed by atoms with Gasteiger partial charge in [0.15, 0.2) is 0 Å². The van der Waals surface area contributed by atoms with Gasteiger partial charge in [0.25, 0.3) is 5.91 Å². The highest BCUT2D eigenvalue weighted by Crippen LogP contribution is 2.24. The van der Waals surface area contributed by atoms with Crippen LogP contribution in [-0.4, -0.2) is 48.1 Å². The van der Waals surface area contributed by atoms with Crippen molar-refractivity contribution in [3.05, 3.63) is 65.5 Å². The number of hydrogen-bond acceptors (Lipinski definition) is 4. The van der Waals surface area contributed by atoms with E-state index in [1.54, 1.807) is 26.2 Å². The van der Waals surface area contributed by atoms with Gasteiger partial charge in [-0.05, 0) is 62.2 Å². The molecule has 6 nitrogen and oxygen atoms in total. The molecule has 29 heavy (non-hydrogen) atoms. The van der Waals surface area contributed by atoms with Gasteiger partial charge in [0.2, 0.25) is 0 Å². The Balaban J connectivity index is 1.59. The summed E-state index contributed by atoms with van der Waals surface area (Å²) in [6.45, 7) is 2.43. The van der Waals surface area contributed by atoms with E-state index in [9.17, 15) is 14.0 Å². The predicted octanol–water partition coefficient (Wildman–Crippen LogP) is 3.17. The Morgan fingerprint density at radius 2 is 1.69 bits per heavy atom. The van der Waals surface area contributed by atoms with Crippen LogP contribution in [0, 0.1) is 5.82 Å². The van der Waals surface area contributed by atoms with Crippen molar-refractivity contribution in [2.24, 2.45) is 0 Å². The van der Waals surface area contributed by atoms with Crippen LogP contribution in [0.15, 0.2) is 48.5 Å². The molecular formula is C22H26FN3O3. The molecule has 0 aliphatic carbocycles. The topological polar surface area (TPSA) is 61.9 Å². The number of imide groups is 1. The lowest BCUT2D eigenvalue weighted by atomic mass is 9.93. The van der Waals surface area contributed by atoms with E-state index in [1.165, 1.54) is 17.0 Å². The van der Waals surface area contributed by atoms with Gasteiger partial charge in [-0.3, -0.25) is 9.69 Å². The minimum absolute atomic E-state index is 0.167. The quantitative estimate of drug-likeness (QED) is 0.693. The van der Waals surface area contributed by atoms with Crippen molar-refractivity contribution in [3.8, 4) is 5.75 Å². The summed E-state index contributed by atoms with van der Waals surface area (Å²) in [5.74, 6) is 0.251. The third-order valence-corrected chi connectivity index (χ3v) is 5.17. The van der Waals surface area contributed by atoms with Gasteiger partial charge in [-0.1, -0.05) is 24.3 Å². The zero-order chi connectivity index (χ0) is 21.0. The van der Waals surface area contributed by atoms with E-state index in [4.69, 9.17) is 4.74 Å². The average molecular weight is 399 g/mol. The SMILES string of the molecule is COc1ccc(CC[C@]2(C)NC(=O)N(CN(C)Cc3ccc(F)cc3)C2=O)cc1. The van der Waals surface area contributed by atoms with Gasteiger partial charge in [0, 0.05) is 6.54 Å². The summed E-state index contributed by atoms with van der Waals surface area (Å²) in [6.07, 6.45) is 1.16. The van der Waals surface area contributed by atoms with Crippen molar-refractivity contribution >= 4 is 11.9 Å². The first-order valence-corrected chi connectivity index (χ1v) is 9.51. The first-order chi connectivity index (χ1) is 13.8. The maximum atomic E-state index is 13.0. The third-order valence-electron chi connectivity index (χ3n) is 5.17. The molecule has 1 N–H and O–H groups in total. The van der Waals surface area contributed by atoms with E-state index in [1.807, 2.05) is 36.2 Å². The van der Waals surface area contributed by atoms with Gasteiger partial charge in [0.1, 0.15) is 17.1 Å². The van der Waals surface area contributed by atoms with Gasteiger partial charge in [-0.2, -0.15) is 0 Å². The number of carbonyl (C=O) groups excluding carboxylic acids is 2. The van der Waals surface area contributed by atoms with Gasteiger partial charge in [-0.25, -0.2) is 14.1 Å². The van der Waals surface area contributed by atoms with Crippen LogP contribution < -0.4 is 10.1 Å². The van der Waals surface area contributed by atoms with Crippen molar-refractivity contribution in [3.63, 3.8) is 0 Å². The monoisotopic (exact) mass is 399 g/mol. The molecule has 0 spiro atoms. The second-order valence-electron chi connectivity index (χ2n) is 7.63. The largest absolute Gasteiger partial charge is 0.497 e. The smallest absolute Gasteiger partial charge is 0.326 e. The maximum Gasteiger partial charge on any atom is 0.326 e. The molecule has 1 atom stereocenters. The van der Waals surface area contributed by atoms with Crippen molar-refractivity contribution < 1.29 is 18.7 Å². The molecule has 2 aromatic carbocycles. The summed E-state index contributed by atoms with van der Waals surface area (Å²) < 4.78 is 18.2. The number of rotatable bonds is 8. The van der Waals surface area contributed by atoms with Crippen LogP contribution >= 0.6 is 0 Å². The Labute approximate surface area is 170 Å². The number of methoxy groups -OCH3 is 1. The van der Waals surface area contributed by atoms with Crippen LogP contribution in [0.3, 0.4) is 0 Å². The summed E-state index contributed by atoms with van der Waals surface area (Å²) >= 11 is 0. The minimum atomic E-state index is -0.937. The highest BCUT2D eigenvalue weighted by Gasteiger charge is 2.47. The van der Waals surface area contributed by atoms with Gasteiger partial charge < -0.3 is 10.1 Å². The zero-order valence-corrected chi connectivity index (χ0v) is 16.9. The molecule has 1 heterocycles. The lowest BCUT2D eigenvalue weighted by Gasteiger charge is -2.24. The second kappa shape index (κ2) is 8.61. The molecule has 1 saturated heterocycles. The molecule has 0 bridgehead atoms. The Morgan fingerprint density at radius 3 is 2.31 bits per heavy atom. The second-order valence-corrected chi connectivity index (χ2v) is 7.63. The Bertz CT molecular complexity index is 870. The zero-order valence-electron chi connectivity index (χ0n) is 16.9. The Kier molecular flexibility index (Phi) is 6.17. The van der Waals surface area contributed by atoms with E-state index >= 15 is 0 Å². The van der Waals surface area contributed by atoms with E-state index < -0.39 is 11.6 Å². The lowest BCUT2D eigenvalue weighted by molar-refractivity contribution is -0.132. The average Bonchev–Trinajstić information content (AvgIpc) is 2.92. The molecule has 3 amide bonds. The van der Waals surface area contributed by atoms with Crippen LogP contribution in [0.1, 0.15) is 24.5 Å². The normalized spacial score (nSPS) is 19.0. The maximum absolute atomic E-state index is 13.0. The van der Waals surface area contributed by atoms with Crippen molar-refractivity contribution in [1.82, 2.24) is 15.1 Å². The van der Waals surface area contributed by atoms with Crippen molar-refractivity contribution in [2.75, 3.05) is 20.8 Å². The van der Waals surface area contributed by atoms with E-state index in [0.29, 0.717) is 19.4 Å². The molecule has 1 fully saturated rings. The summed E-state index contributed by atoms with van der Waals surface area (Å²) in [7, 11) is 3.43. The highest BCUT2D eigenvalue weighted by molar-refractivity contribution is 6.06. The fraction of sp³-hybridized carbons (Fsp3) is 0.364. The van der Waals surface area contributed by atoms with Crippen LogP contribution in [0.25, 0.3) is 0 Å². The third kappa shape index (κ3) is 4.92. The Hall–Kier alpha value is -2.93. The molecule has 0 unspecified atom stereocenters. The fourth-order valence-corrected chi connectivity index (χ4v) is 3.42. The number of amides is 3. The molecule has 1 aliphatic heterocycles. The van der Waals surface area contributed by atoms with Gasteiger partial charge >= 0.3 is 6.03 Å². The van der Waals surface area contributed by atoms with Crippen LogP contribution in [0.4, 0.5) is 9.18 Å². The predicted molar refractivity (Wildman–Crippen MR) is 108 cm³/mol. The van der Waals surface area contributed by atoms with E-state index in [-0.39, 0.29) is 18.4 Å². The molecule has 0 aromatic heterocycles. The number of ether oxygens (including phenoxy) is 1. The van der Waals surface area contributed by atoms with E-state index in [0.717, 1.165) is 16.9 Å². The molecule has 1 aliphatic rings. The first-order valence-electron chi connectivity index (χ1n) is 9.51. The number of aryl methyl sites for hydroxylation is 1. The van der Waals surface area contributed by atoms with Crippen molar-refractivity contribution in [2.45, 2.75) is 31.8 Å². The fourth-order valence-electron chi connectivity index (χ4n) is 3.42. The summed E-state index contributed by atoms with van der Waals surface area (Å²) in [5.41, 5.74) is 1.04. The Morgan fingerprint density at radius 1 is 1.07 bits per heavy atom. The summed E-state index contributed by atoms with van der Waals surface area (Å²) in [5, 5.41) is 2.84. The van der Waals surface area contributed by atoms with E-state index in [2.05, 4.69) is 5.32 Å². The molecule has 3 rings (SSSR count). The summed E-state index contributed by atoms with van der Waals surface area (Å²) in [4.78, 5) is 28.4. The number of nitrogens with one attached hydrogen (secondary N) is 1. The lowest BCUT2D eigenvalue weighted by Crippen LogP contribution is -2.45. The van der Waals surface area contributed by atoms with Crippen LogP contribution in [0.2, 0.25) is 0 Å². The molecule has 0 radical (unpaired) electrons. The first kappa shape index (κ1) is 20.8. The molecule has 7 heteroatoms.